The summed E-state index contributed by atoms with van der Waals surface area (Å²) in [6.07, 6.45) is 0. The molecule has 0 saturated heterocycles. The van der Waals surface area contributed by atoms with Crippen LogP contribution in [0, 0.1) is 0 Å². The zero-order valence-corrected chi connectivity index (χ0v) is 6.92. The van der Waals surface area contributed by atoms with Crippen LogP contribution in [0.3, 0.4) is 0 Å². The standard InChI is InChI=1S/C6H16P/c1-6(2)7(3,4)5/h6H,1-5H3. The molecule has 0 nitrogen and oxygen atoms in total. The molecular formula is C6H16P. The van der Waals surface area contributed by atoms with Crippen LogP contribution in [-0.4, -0.2) is 25.7 Å². The van der Waals surface area contributed by atoms with Gasteiger partial charge in [-0.05, 0) is 25.7 Å². The summed E-state index contributed by atoms with van der Waals surface area (Å²) < 4.78 is 0. The number of rotatable bonds is 1. The van der Waals surface area contributed by atoms with Gasteiger partial charge in [0.05, 0.1) is 0 Å². The molecule has 0 rings (SSSR count). The van der Waals surface area contributed by atoms with E-state index in [9.17, 15) is 0 Å². The summed E-state index contributed by atoms with van der Waals surface area (Å²) in [4.78, 5) is 0. The van der Waals surface area contributed by atoms with Crippen LogP contribution in [0.25, 0.3) is 0 Å². The predicted molar refractivity (Wildman–Crippen MR) is 39.8 cm³/mol. The van der Waals surface area contributed by atoms with Crippen molar-refractivity contribution in [3.8, 4) is 0 Å². The van der Waals surface area contributed by atoms with Crippen LogP contribution in [0.4, 0.5) is 0 Å². The van der Waals surface area contributed by atoms with Crippen molar-refractivity contribution in [3.63, 3.8) is 0 Å². The van der Waals surface area contributed by atoms with Crippen molar-refractivity contribution in [2.24, 2.45) is 0 Å². The van der Waals surface area contributed by atoms with E-state index in [1.165, 1.54) is 0 Å². The third-order valence-corrected chi connectivity index (χ3v) is 4.65. The second kappa shape index (κ2) is 2.13. The minimum Gasteiger partial charge on any atom is -0.132 e. The second-order valence-electron chi connectivity index (χ2n) is 3.21. The lowest BCUT2D eigenvalue weighted by Crippen LogP contribution is -1.99. The average molecular weight is 119 g/mol. The van der Waals surface area contributed by atoms with Gasteiger partial charge in [0.15, 0.2) is 0 Å². The normalized spacial score (nSPS) is 12.9. The van der Waals surface area contributed by atoms with E-state index in [2.05, 4.69) is 33.8 Å². The van der Waals surface area contributed by atoms with Gasteiger partial charge in [-0.1, -0.05) is 13.8 Å². The van der Waals surface area contributed by atoms with E-state index in [0.29, 0.717) is 0 Å². The van der Waals surface area contributed by atoms with Crippen LogP contribution in [0.2, 0.25) is 0 Å². The van der Waals surface area contributed by atoms with E-state index in [1.54, 1.807) is 0 Å². The highest BCUT2D eigenvalue weighted by Crippen LogP contribution is 2.51. The smallest absolute Gasteiger partial charge is 0.0306 e. The zero-order valence-electron chi connectivity index (χ0n) is 6.02. The minimum atomic E-state index is -0.488. The molecule has 0 fully saturated rings. The first-order valence-electron chi connectivity index (χ1n) is 2.75. The van der Waals surface area contributed by atoms with Gasteiger partial charge < -0.3 is 0 Å². The maximum absolute atomic E-state index is 2.37. The van der Waals surface area contributed by atoms with Crippen molar-refractivity contribution in [3.05, 3.63) is 0 Å². The first kappa shape index (κ1) is 7.43. The molecule has 0 amide bonds. The predicted octanol–water partition coefficient (Wildman–Crippen LogP) is 2.30. The highest BCUT2D eigenvalue weighted by Gasteiger charge is 2.10. The van der Waals surface area contributed by atoms with E-state index in [1.807, 2.05) is 0 Å². The van der Waals surface area contributed by atoms with Crippen LogP contribution < -0.4 is 0 Å². The number of hydrogen-bond donors (Lipinski definition) is 0. The molecule has 7 heavy (non-hydrogen) atoms. The molecule has 45 valence electrons. The van der Waals surface area contributed by atoms with Gasteiger partial charge >= 0.3 is 0 Å². The lowest BCUT2D eigenvalue weighted by atomic mass is 10.6. The van der Waals surface area contributed by atoms with Crippen LogP contribution in [0.1, 0.15) is 13.8 Å². The van der Waals surface area contributed by atoms with Crippen molar-refractivity contribution in [1.29, 1.82) is 0 Å². The summed E-state index contributed by atoms with van der Waals surface area (Å²) in [5, 5.41) is 0. The van der Waals surface area contributed by atoms with Gasteiger partial charge in [-0.15, -0.1) is 7.26 Å². The van der Waals surface area contributed by atoms with Gasteiger partial charge in [0, 0.05) is 0 Å². The maximum atomic E-state index is 2.37. The molecule has 0 spiro atoms. The van der Waals surface area contributed by atoms with E-state index in [0.717, 1.165) is 5.66 Å². The molecule has 0 aromatic carbocycles. The van der Waals surface area contributed by atoms with E-state index in [-0.39, 0.29) is 0 Å². The highest BCUT2D eigenvalue weighted by atomic mass is 31.2. The molecule has 0 aliphatic carbocycles. The number of hydrogen-bond acceptors (Lipinski definition) is 0. The molecule has 1 radical (unpaired) electrons. The third kappa shape index (κ3) is 3.05. The summed E-state index contributed by atoms with van der Waals surface area (Å²) in [5.41, 5.74) is 0.910. The minimum absolute atomic E-state index is 0.488. The van der Waals surface area contributed by atoms with Crippen molar-refractivity contribution in [1.82, 2.24) is 0 Å². The molecule has 0 bridgehead atoms. The summed E-state index contributed by atoms with van der Waals surface area (Å²) in [6, 6.07) is 0. The molecule has 0 aromatic heterocycles. The van der Waals surface area contributed by atoms with Crippen LogP contribution >= 0.6 is 7.26 Å². The van der Waals surface area contributed by atoms with Crippen LogP contribution in [0.5, 0.6) is 0 Å². The topological polar surface area (TPSA) is 0 Å². The van der Waals surface area contributed by atoms with Crippen molar-refractivity contribution in [2.75, 3.05) is 20.0 Å². The molecular weight excluding hydrogens is 103 g/mol. The molecule has 0 atom stereocenters. The molecule has 0 heterocycles. The summed E-state index contributed by atoms with van der Waals surface area (Å²) >= 11 is 0. The van der Waals surface area contributed by atoms with Crippen molar-refractivity contribution in [2.45, 2.75) is 19.5 Å². The van der Waals surface area contributed by atoms with Gasteiger partial charge in [-0.25, -0.2) is 0 Å². The Kier molecular flexibility index (Phi) is 2.26. The molecule has 0 aliphatic rings. The SMILES string of the molecule is CC(C)[P](C)(C)C. The lowest BCUT2D eigenvalue weighted by molar-refractivity contribution is 1.08. The Labute approximate surface area is 47.6 Å². The van der Waals surface area contributed by atoms with Crippen molar-refractivity contribution >= 4 is 7.26 Å². The maximum Gasteiger partial charge on any atom is -0.0306 e. The molecule has 0 aromatic rings. The average Bonchev–Trinajstić information content (AvgIpc) is 1.31. The monoisotopic (exact) mass is 119 g/mol. The second-order valence-corrected chi connectivity index (χ2v) is 8.48. The van der Waals surface area contributed by atoms with Crippen LogP contribution in [0.15, 0.2) is 0 Å². The Hall–Kier alpha value is 0.430. The Balaban J connectivity index is 3.54. The molecule has 0 N–H and O–H groups in total. The molecule has 0 unspecified atom stereocenters. The van der Waals surface area contributed by atoms with Gasteiger partial charge in [0.25, 0.3) is 0 Å². The summed E-state index contributed by atoms with van der Waals surface area (Å²) in [5.74, 6) is 0. The fourth-order valence-corrected chi connectivity index (χ4v) is 0. The molecule has 0 aliphatic heterocycles. The zero-order chi connectivity index (χ0) is 6.08. The Morgan fingerprint density at radius 2 is 1.14 bits per heavy atom. The van der Waals surface area contributed by atoms with Gasteiger partial charge in [-0.3, -0.25) is 0 Å². The Bertz CT molecular complexity index is 49.7. The highest BCUT2D eigenvalue weighted by molar-refractivity contribution is 7.74. The van der Waals surface area contributed by atoms with E-state index >= 15 is 0 Å². The first-order chi connectivity index (χ1) is 2.94. The molecule has 0 saturated carbocycles. The van der Waals surface area contributed by atoms with E-state index < -0.39 is 7.26 Å². The Morgan fingerprint density at radius 3 is 1.14 bits per heavy atom. The fraction of sp³-hybridized carbons (Fsp3) is 1.00. The quantitative estimate of drug-likeness (QED) is 0.464. The van der Waals surface area contributed by atoms with Gasteiger partial charge in [-0.2, -0.15) is 0 Å². The third-order valence-electron chi connectivity index (χ3n) is 1.55. The van der Waals surface area contributed by atoms with Gasteiger partial charge in [0.1, 0.15) is 0 Å². The van der Waals surface area contributed by atoms with E-state index in [4.69, 9.17) is 0 Å². The summed E-state index contributed by atoms with van der Waals surface area (Å²) in [6.45, 7) is 11.7. The molecule has 1 heteroatoms. The van der Waals surface area contributed by atoms with Gasteiger partial charge in [0.2, 0.25) is 0 Å². The first-order valence-corrected chi connectivity index (χ1v) is 5.95. The van der Waals surface area contributed by atoms with Crippen LogP contribution in [-0.2, 0) is 0 Å². The van der Waals surface area contributed by atoms with Crippen molar-refractivity contribution < 1.29 is 0 Å². The lowest BCUT2D eigenvalue weighted by Gasteiger charge is -2.25. The largest absolute Gasteiger partial charge is 0.132 e. The fourth-order valence-electron chi connectivity index (χ4n) is 0. The summed E-state index contributed by atoms with van der Waals surface area (Å²) in [7, 11) is -0.488. The Morgan fingerprint density at radius 1 is 1.00 bits per heavy atom.